The summed E-state index contributed by atoms with van der Waals surface area (Å²) in [6.45, 7) is 1.92. The minimum absolute atomic E-state index is 0.0744. The summed E-state index contributed by atoms with van der Waals surface area (Å²) in [4.78, 5) is 11.9. The second-order valence-corrected chi connectivity index (χ2v) is 4.06. The molecule has 2 rings (SSSR count). The number of nitrogens with one attached hydrogen (secondary N) is 1. The summed E-state index contributed by atoms with van der Waals surface area (Å²) in [6, 6.07) is 11.2. The highest BCUT2D eigenvalue weighted by molar-refractivity contribution is 6.32. The standard InChI is InChI=1S/C13H12ClNO2/c1-9(10-5-3-2-4-6-10)15-13(16)11-7-8-17-12(11)14/h2-9H,1H3,(H,15,16). The van der Waals surface area contributed by atoms with E-state index in [0.29, 0.717) is 5.56 Å². The Morgan fingerprint density at radius 1 is 1.29 bits per heavy atom. The van der Waals surface area contributed by atoms with E-state index in [1.807, 2.05) is 37.3 Å². The molecule has 0 radical (unpaired) electrons. The van der Waals surface area contributed by atoms with E-state index in [-0.39, 0.29) is 17.2 Å². The van der Waals surface area contributed by atoms with Crippen molar-refractivity contribution >= 4 is 17.5 Å². The predicted octanol–water partition coefficient (Wildman–Crippen LogP) is 3.42. The monoisotopic (exact) mass is 249 g/mol. The lowest BCUT2D eigenvalue weighted by Gasteiger charge is -2.13. The van der Waals surface area contributed by atoms with Crippen LogP contribution in [0.4, 0.5) is 0 Å². The number of carbonyl (C=O) groups excluding carboxylic acids is 1. The van der Waals surface area contributed by atoms with Crippen LogP contribution in [0.2, 0.25) is 5.22 Å². The van der Waals surface area contributed by atoms with Gasteiger partial charge >= 0.3 is 0 Å². The minimum Gasteiger partial charge on any atom is -0.452 e. The Morgan fingerprint density at radius 2 is 2.00 bits per heavy atom. The van der Waals surface area contributed by atoms with Crippen molar-refractivity contribution in [1.82, 2.24) is 5.32 Å². The van der Waals surface area contributed by atoms with Gasteiger partial charge in [-0.05, 0) is 30.2 Å². The summed E-state index contributed by atoms with van der Waals surface area (Å²) < 4.78 is 4.88. The first kappa shape index (κ1) is 11.7. The summed E-state index contributed by atoms with van der Waals surface area (Å²) >= 11 is 5.74. The van der Waals surface area contributed by atoms with Crippen LogP contribution in [0.25, 0.3) is 0 Å². The van der Waals surface area contributed by atoms with E-state index in [4.69, 9.17) is 16.0 Å². The van der Waals surface area contributed by atoms with E-state index >= 15 is 0 Å². The Kier molecular flexibility index (Phi) is 3.49. The quantitative estimate of drug-likeness (QED) is 0.906. The molecular formula is C13H12ClNO2. The number of amides is 1. The Bertz CT molecular complexity index is 507. The number of halogens is 1. The van der Waals surface area contributed by atoms with Gasteiger partial charge in [0.15, 0.2) is 0 Å². The highest BCUT2D eigenvalue weighted by atomic mass is 35.5. The largest absolute Gasteiger partial charge is 0.452 e. The van der Waals surface area contributed by atoms with Crippen LogP contribution >= 0.6 is 11.6 Å². The lowest BCUT2D eigenvalue weighted by Crippen LogP contribution is -2.26. The number of furan rings is 1. The number of rotatable bonds is 3. The summed E-state index contributed by atoms with van der Waals surface area (Å²) in [6.07, 6.45) is 1.39. The predicted molar refractivity (Wildman–Crippen MR) is 66.0 cm³/mol. The third kappa shape index (κ3) is 2.68. The van der Waals surface area contributed by atoms with Gasteiger partial charge < -0.3 is 9.73 Å². The van der Waals surface area contributed by atoms with Gasteiger partial charge in [0.1, 0.15) is 0 Å². The Labute approximate surface area is 104 Å². The molecule has 0 saturated heterocycles. The van der Waals surface area contributed by atoms with Crippen LogP contribution in [0.5, 0.6) is 0 Å². The topological polar surface area (TPSA) is 42.2 Å². The number of hydrogen-bond donors (Lipinski definition) is 1. The zero-order valence-electron chi connectivity index (χ0n) is 9.31. The number of carbonyl (C=O) groups is 1. The molecule has 3 nitrogen and oxygen atoms in total. The average molecular weight is 250 g/mol. The van der Waals surface area contributed by atoms with Gasteiger partial charge in [-0.2, -0.15) is 0 Å². The molecule has 1 amide bonds. The van der Waals surface area contributed by atoms with Crippen molar-refractivity contribution in [3.05, 3.63) is 59.0 Å². The smallest absolute Gasteiger partial charge is 0.256 e. The van der Waals surface area contributed by atoms with Gasteiger partial charge in [0.25, 0.3) is 5.91 Å². The molecule has 88 valence electrons. The first-order valence-electron chi connectivity index (χ1n) is 5.27. The van der Waals surface area contributed by atoms with Crippen molar-refractivity contribution in [2.75, 3.05) is 0 Å². The Balaban J connectivity index is 2.08. The summed E-state index contributed by atoms with van der Waals surface area (Å²) in [5.74, 6) is -0.236. The van der Waals surface area contributed by atoms with E-state index in [1.165, 1.54) is 6.26 Å². The molecular weight excluding hydrogens is 238 g/mol. The molecule has 0 bridgehead atoms. The third-order valence-electron chi connectivity index (χ3n) is 2.51. The molecule has 0 aliphatic carbocycles. The van der Waals surface area contributed by atoms with Crippen molar-refractivity contribution in [3.8, 4) is 0 Å². The Morgan fingerprint density at radius 3 is 2.59 bits per heavy atom. The van der Waals surface area contributed by atoms with Crippen LogP contribution in [0, 0.1) is 0 Å². The summed E-state index contributed by atoms with van der Waals surface area (Å²) in [5, 5.41) is 2.97. The molecule has 1 unspecified atom stereocenters. The molecule has 1 aromatic heterocycles. The average Bonchev–Trinajstić information content (AvgIpc) is 2.76. The van der Waals surface area contributed by atoms with Crippen molar-refractivity contribution in [1.29, 1.82) is 0 Å². The van der Waals surface area contributed by atoms with Crippen LogP contribution in [0.3, 0.4) is 0 Å². The van der Waals surface area contributed by atoms with Crippen LogP contribution < -0.4 is 5.32 Å². The fourth-order valence-electron chi connectivity index (χ4n) is 1.56. The second kappa shape index (κ2) is 5.06. The Hall–Kier alpha value is -1.74. The van der Waals surface area contributed by atoms with Crippen molar-refractivity contribution in [2.45, 2.75) is 13.0 Å². The van der Waals surface area contributed by atoms with Gasteiger partial charge in [-0.3, -0.25) is 4.79 Å². The van der Waals surface area contributed by atoms with Gasteiger partial charge in [-0.25, -0.2) is 0 Å². The normalized spacial score (nSPS) is 12.1. The number of benzene rings is 1. The molecule has 0 saturated carbocycles. The van der Waals surface area contributed by atoms with Crippen LogP contribution in [0.1, 0.15) is 28.9 Å². The van der Waals surface area contributed by atoms with Crippen molar-refractivity contribution in [3.63, 3.8) is 0 Å². The molecule has 1 aromatic carbocycles. The maximum absolute atomic E-state index is 11.9. The SMILES string of the molecule is CC(NC(=O)c1ccoc1Cl)c1ccccc1. The molecule has 0 aliphatic heterocycles. The van der Waals surface area contributed by atoms with Crippen molar-refractivity contribution in [2.24, 2.45) is 0 Å². The highest BCUT2D eigenvalue weighted by Crippen LogP contribution is 2.18. The van der Waals surface area contributed by atoms with Crippen LogP contribution in [-0.4, -0.2) is 5.91 Å². The molecule has 0 spiro atoms. The molecule has 0 aliphatic rings. The van der Waals surface area contributed by atoms with Gasteiger partial charge in [-0.1, -0.05) is 30.3 Å². The van der Waals surface area contributed by atoms with Crippen molar-refractivity contribution < 1.29 is 9.21 Å². The first-order valence-corrected chi connectivity index (χ1v) is 5.65. The molecule has 1 N–H and O–H groups in total. The van der Waals surface area contributed by atoms with E-state index < -0.39 is 0 Å². The maximum Gasteiger partial charge on any atom is 0.256 e. The first-order chi connectivity index (χ1) is 8.18. The van der Waals surface area contributed by atoms with Gasteiger partial charge in [0.2, 0.25) is 5.22 Å². The molecule has 2 aromatic rings. The second-order valence-electron chi connectivity index (χ2n) is 3.71. The summed E-state index contributed by atoms with van der Waals surface area (Å²) in [5.41, 5.74) is 1.40. The zero-order chi connectivity index (χ0) is 12.3. The molecule has 0 fully saturated rings. The summed E-state index contributed by atoms with van der Waals surface area (Å²) in [7, 11) is 0. The van der Waals surface area contributed by atoms with Gasteiger partial charge in [0.05, 0.1) is 17.9 Å². The van der Waals surface area contributed by atoms with Gasteiger partial charge in [0, 0.05) is 0 Å². The zero-order valence-corrected chi connectivity index (χ0v) is 10.1. The third-order valence-corrected chi connectivity index (χ3v) is 2.80. The lowest BCUT2D eigenvalue weighted by molar-refractivity contribution is 0.0939. The molecule has 1 heterocycles. The van der Waals surface area contributed by atoms with E-state index in [9.17, 15) is 4.79 Å². The molecule has 4 heteroatoms. The van der Waals surface area contributed by atoms with Gasteiger partial charge in [-0.15, -0.1) is 0 Å². The van der Waals surface area contributed by atoms with Crippen LogP contribution in [-0.2, 0) is 0 Å². The highest BCUT2D eigenvalue weighted by Gasteiger charge is 2.15. The fraction of sp³-hybridized carbons (Fsp3) is 0.154. The maximum atomic E-state index is 11.9. The minimum atomic E-state index is -0.236. The lowest BCUT2D eigenvalue weighted by atomic mass is 10.1. The fourth-order valence-corrected chi connectivity index (χ4v) is 1.76. The molecule has 1 atom stereocenters. The van der Waals surface area contributed by atoms with E-state index in [2.05, 4.69) is 5.32 Å². The molecule has 17 heavy (non-hydrogen) atoms. The van der Waals surface area contributed by atoms with E-state index in [0.717, 1.165) is 5.56 Å². The van der Waals surface area contributed by atoms with Crippen LogP contribution in [0.15, 0.2) is 47.1 Å². The van der Waals surface area contributed by atoms with E-state index in [1.54, 1.807) is 6.07 Å². The number of hydrogen-bond acceptors (Lipinski definition) is 2.